The summed E-state index contributed by atoms with van der Waals surface area (Å²) in [5.41, 5.74) is 0.205. The molecule has 1 aromatic carbocycles. The van der Waals surface area contributed by atoms with E-state index in [4.69, 9.17) is 4.98 Å². The van der Waals surface area contributed by atoms with Crippen LogP contribution in [0.4, 0.5) is 16.2 Å². The number of piperazine rings is 1. The van der Waals surface area contributed by atoms with Crippen molar-refractivity contribution in [1.29, 1.82) is 0 Å². The second-order valence-corrected chi connectivity index (χ2v) is 9.47. The highest BCUT2D eigenvalue weighted by atomic mass is 32.2. The first-order chi connectivity index (χ1) is 14.0. The first kappa shape index (κ1) is 20.0. The molecule has 2 saturated heterocycles. The van der Waals surface area contributed by atoms with Crippen LogP contribution in [-0.2, 0) is 15.8 Å². The van der Waals surface area contributed by atoms with Crippen LogP contribution < -0.4 is 9.80 Å². The van der Waals surface area contributed by atoms with Crippen LogP contribution in [0.5, 0.6) is 0 Å². The average Bonchev–Trinajstić information content (AvgIpc) is 2.76. The summed E-state index contributed by atoms with van der Waals surface area (Å²) in [6.45, 7) is 3.77. The van der Waals surface area contributed by atoms with Crippen LogP contribution in [0.25, 0.3) is 0 Å². The van der Waals surface area contributed by atoms with Crippen LogP contribution in [0.2, 0.25) is 0 Å². The SMILES string of the molecule is O=S(=O)(Cc1ccccc1F)N1CCN(c2ccnc(N3CCCCC3)n2)CC1. The van der Waals surface area contributed by atoms with Crippen molar-refractivity contribution < 1.29 is 12.8 Å². The molecule has 3 heterocycles. The monoisotopic (exact) mass is 419 g/mol. The molecule has 9 heteroatoms. The number of hydrogen-bond acceptors (Lipinski definition) is 6. The fraction of sp³-hybridized carbons (Fsp3) is 0.500. The molecule has 29 heavy (non-hydrogen) atoms. The second kappa shape index (κ2) is 8.62. The summed E-state index contributed by atoms with van der Waals surface area (Å²) in [4.78, 5) is 13.4. The molecule has 0 bridgehead atoms. The van der Waals surface area contributed by atoms with Crippen LogP contribution in [0, 0.1) is 5.82 Å². The average molecular weight is 420 g/mol. The summed E-state index contributed by atoms with van der Waals surface area (Å²) in [6, 6.07) is 7.89. The first-order valence-corrected chi connectivity index (χ1v) is 11.7. The maximum atomic E-state index is 13.9. The van der Waals surface area contributed by atoms with Crippen LogP contribution in [0.1, 0.15) is 24.8 Å². The highest BCUT2D eigenvalue weighted by Crippen LogP contribution is 2.21. The van der Waals surface area contributed by atoms with Gasteiger partial charge in [0.05, 0.1) is 5.75 Å². The number of sulfonamides is 1. The summed E-state index contributed by atoms with van der Waals surface area (Å²) in [5, 5.41) is 0. The molecular weight excluding hydrogens is 393 g/mol. The Balaban J connectivity index is 1.40. The molecule has 156 valence electrons. The van der Waals surface area contributed by atoms with E-state index in [1.165, 1.54) is 22.9 Å². The van der Waals surface area contributed by atoms with Crippen molar-refractivity contribution in [3.05, 3.63) is 47.9 Å². The lowest BCUT2D eigenvalue weighted by Gasteiger charge is -2.35. The molecule has 0 unspecified atom stereocenters. The third kappa shape index (κ3) is 4.67. The van der Waals surface area contributed by atoms with Crippen molar-refractivity contribution in [1.82, 2.24) is 14.3 Å². The Kier molecular flexibility index (Phi) is 5.96. The number of benzene rings is 1. The van der Waals surface area contributed by atoms with Gasteiger partial charge >= 0.3 is 0 Å². The number of hydrogen-bond donors (Lipinski definition) is 0. The van der Waals surface area contributed by atoms with Crippen LogP contribution >= 0.6 is 0 Å². The fourth-order valence-corrected chi connectivity index (χ4v) is 5.39. The maximum Gasteiger partial charge on any atom is 0.227 e. The molecule has 0 aliphatic carbocycles. The van der Waals surface area contributed by atoms with Crippen LogP contribution in [-0.4, -0.2) is 62.0 Å². The van der Waals surface area contributed by atoms with E-state index >= 15 is 0 Å². The molecule has 7 nitrogen and oxygen atoms in total. The number of piperidine rings is 1. The minimum absolute atomic E-state index is 0.205. The van der Waals surface area contributed by atoms with Crippen molar-refractivity contribution in [2.45, 2.75) is 25.0 Å². The molecule has 2 fully saturated rings. The third-order valence-corrected chi connectivity index (χ3v) is 7.35. The summed E-state index contributed by atoms with van der Waals surface area (Å²) >= 11 is 0. The summed E-state index contributed by atoms with van der Waals surface area (Å²) in [7, 11) is -3.56. The summed E-state index contributed by atoms with van der Waals surface area (Å²) in [6.07, 6.45) is 5.34. The van der Waals surface area contributed by atoms with Gasteiger partial charge in [0.2, 0.25) is 16.0 Å². The quantitative estimate of drug-likeness (QED) is 0.741. The zero-order valence-corrected chi connectivity index (χ0v) is 17.2. The molecule has 0 atom stereocenters. The smallest absolute Gasteiger partial charge is 0.227 e. The predicted molar refractivity (Wildman–Crippen MR) is 111 cm³/mol. The highest BCUT2D eigenvalue weighted by Gasteiger charge is 2.28. The third-order valence-electron chi connectivity index (χ3n) is 5.52. The van der Waals surface area contributed by atoms with Gasteiger partial charge < -0.3 is 9.80 Å². The highest BCUT2D eigenvalue weighted by molar-refractivity contribution is 7.88. The van der Waals surface area contributed by atoms with E-state index in [2.05, 4.69) is 14.8 Å². The Hall–Kier alpha value is -2.26. The van der Waals surface area contributed by atoms with Gasteiger partial charge in [-0.05, 0) is 31.4 Å². The van der Waals surface area contributed by atoms with Gasteiger partial charge in [0, 0.05) is 51.0 Å². The Morgan fingerprint density at radius 1 is 0.897 bits per heavy atom. The lowest BCUT2D eigenvalue weighted by atomic mass is 10.1. The minimum Gasteiger partial charge on any atom is -0.354 e. The normalized spacial score (nSPS) is 18.8. The molecule has 2 aliphatic heterocycles. The van der Waals surface area contributed by atoms with Crippen LogP contribution in [0.3, 0.4) is 0 Å². The van der Waals surface area contributed by atoms with Gasteiger partial charge in [-0.25, -0.2) is 17.8 Å². The molecule has 0 spiro atoms. The van der Waals surface area contributed by atoms with E-state index in [1.54, 1.807) is 18.3 Å². The van der Waals surface area contributed by atoms with Gasteiger partial charge in [-0.2, -0.15) is 9.29 Å². The summed E-state index contributed by atoms with van der Waals surface area (Å²) < 4.78 is 40.7. The lowest BCUT2D eigenvalue weighted by molar-refractivity contribution is 0.383. The van der Waals surface area contributed by atoms with Gasteiger partial charge in [-0.15, -0.1) is 0 Å². The zero-order chi connectivity index (χ0) is 20.3. The number of halogens is 1. The largest absolute Gasteiger partial charge is 0.354 e. The van der Waals surface area contributed by atoms with Crippen molar-refractivity contribution >= 4 is 21.8 Å². The Morgan fingerprint density at radius 2 is 1.62 bits per heavy atom. The van der Waals surface area contributed by atoms with E-state index in [1.807, 2.05) is 6.07 Å². The van der Waals surface area contributed by atoms with Gasteiger partial charge in [-0.1, -0.05) is 18.2 Å². The topological polar surface area (TPSA) is 69.6 Å². The van der Waals surface area contributed by atoms with Gasteiger partial charge in [0.25, 0.3) is 0 Å². The number of rotatable bonds is 5. The minimum atomic E-state index is -3.56. The first-order valence-electron chi connectivity index (χ1n) is 10.1. The summed E-state index contributed by atoms with van der Waals surface area (Å²) in [5.74, 6) is 0.774. The van der Waals surface area contributed by atoms with Crippen molar-refractivity contribution in [2.24, 2.45) is 0 Å². The predicted octanol–water partition coefficient (Wildman–Crippen LogP) is 2.26. The number of aromatic nitrogens is 2. The zero-order valence-electron chi connectivity index (χ0n) is 16.4. The molecule has 2 aliphatic rings. The molecule has 0 amide bonds. The molecular formula is C20H26FN5O2S. The van der Waals surface area contributed by atoms with E-state index in [0.717, 1.165) is 37.7 Å². The Bertz CT molecular complexity index is 941. The molecule has 2 aromatic rings. The Morgan fingerprint density at radius 3 is 2.34 bits per heavy atom. The van der Waals surface area contributed by atoms with E-state index < -0.39 is 15.8 Å². The van der Waals surface area contributed by atoms with Gasteiger partial charge in [0.1, 0.15) is 11.6 Å². The van der Waals surface area contributed by atoms with E-state index in [0.29, 0.717) is 26.2 Å². The molecule has 1 aromatic heterocycles. The van der Waals surface area contributed by atoms with Crippen molar-refractivity contribution in [2.75, 3.05) is 49.1 Å². The van der Waals surface area contributed by atoms with Crippen molar-refractivity contribution in [3.8, 4) is 0 Å². The number of nitrogens with zero attached hydrogens (tertiary/aromatic N) is 5. The second-order valence-electron chi connectivity index (χ2n) is 7.50. The molecule has 4 rings (SSSR count). The Labute approximate surface area is 171 Å². The van der Waals surface area contributed by atoms with E-state index in [9.17, 15) is 12.8 Å². The molecule has 0 radical (unpaired) electrons. The maximum absolute atomic E-state index is 13.9. The molecule has 0 saturated carbocycles. The van der Waals surface area contributed by atoms with Crippen LogP contribution in [0.15, 0.2) is 36.5 Å². The van der Waals surface area contributed by atoms with E-state index in [-0.39, 0.29) is 11.3 Å². The standard InChI is InChI=1S/C20H26FN5O2S/c21-18-7-3-2-6-17(18)16-29(27,28)26-14-12-24(13-15-26)19-8-9-22-20(23-19)25-10-4-1-5-11-25/h2-3,6-9H,1,4-5,10-16H2. The number of anilines is 2. The fourth-order valence-electron chi connectivity index (χ4n) is 3.86. The van der Waals surface area contributed by atoms with Gasteiger partial charge in [0.15, 0.2) is 0 Å². The lowest BCUT2D eigenvalue weighted by Crippen LogP contribution is -2.49. The van der Waals surface area contributed by atoms with Crippen molar-refractivity contribution in [3.63, 3.8) is 0 Å². The molecule has 0 N–H and O–H groups in total. The van der Waals surface area contributed by atoms with Gasteiger partial charge in [-0.3, -0.25) is 0 Å².